The zero-order chi connectivity index (χ0) is 15.3. The lowest BCUT2D eigenvalue weighted by Crippen LogP contribution is -2.40. The Kier molecular flexibility index (Phi) is 4.98. The maximum Gasteiger partial charge on any atom is 0.311 e. The number of nitrogens with zero attached hydrogens (tertiary/aromatic N) is 1. The van der Waals surface area contributed by atoms with E-state index in [2.05, 4.69) is 5.32 Å². The molecule has 0 fully saturated rings. The summed E-state index contributed by atoms with van der Waals surface area (Å²) in [6, 6.07) is 3.83. The molecule has 0 radical (unpaired) electrons. The van der Waals surface area contributed by atoms with E-state index in [1.54, 1.807) is 0 Å². The molecule has 20 heavy (non-hydrogen) atoms. The van der Waals surface area contributed by atoms with Crippen LogP contribution in [0, 0.1) is 10.1 Å². The van der Waals surface area contributed by atoms with Gasteiger partial charge in [0.05, 0.1) is 24.1 Å². The molecule has 9 heteroatoms. The molecule has 4 N–H and O–H groups in total. The number of benzene rings is 1. The standard InChI is InChI=1S/C11H13N3O6/c1-20-9-6(3-2-4-7(9)14(18)19)11(17)13-5-8(15)10(12)16/h2-4,8,15H,5H2,1H3,(H2,12,16)(H,13,17). The molecule has 0 saturated carbocycles. The molecule has 1 rings (SSSR count). The number of nitro benzene ring substituents is 1. The summed E-state index contributed by atoms with van der Waals surface area (Å²) in [5.41, 5.74) is 4.38. The Labute approximate surface area is 113 Å². The van der Waals surface area contributed by atoms with Crippen LogP contribution < -0.4 is 15.8 Å². The van der Waals surface area contributed by atoms with Crippen molar-refractivity contribution in [3.8, 4) is 5.75 Å². The van der Waals surface area contributed by atoms with Crippen molar-refractivity contribution >= 4 is 17.5 Å². The molecule has 1 atom stereocenters. The summed E-state index contributed by atoms with van der Waals surface area (Å²) in [7, 11) is 1.19. The summed E-state index contributed by atoms with van der Waals surface area (Å²) >= 11 is 0. The Morgan fingerprint density at radius 2 is 2.20 bits per heavy atom. The minimum Gasteiger partial charge on any atom is -0.490 e. The minimum atomic E-state index is -1.54. The first kappa shape index (κ1) is 15.4. The molecule has 0 aliphatic carbocycles. The number of nitro groups is 1. The van der Waals surface area contributed by atoms with Gasteiger partial charge in [0.1, 0.15) is 6.10 Å². The zero-order valence-electron chi connectivity index (χ0n) is 10.5. The number of amides is 2. The molecule has 0 aromatic heterocycles. The summed E-state index contributed by atoms with van der Waals surface area (Å²) < 4.78 is 4.86. The normalized spacial score (nSPS) is 11.5. The Bertz CT molecular complexity index is 545. The average Bonchev–Trinajstić information content (AvgIpc) is 2.42. The van der Waals surface area contributed by atoms with E-state index < -0.39 is 29.4 Å². The van der Waals surface area contributed by atoms with E-state index in [0.717, 1.165) is 0 Å². The van der Waals surface area contributed by atoms with Crippen LogP contribution in [0.4, 0.5) is 5.69 Å². The number of hydrogen-bond donors (Lipinski definition) is 3. The third kappa shape index (κ3) is 3.42. The number of rotatable bonds is 6. The molecular weight excluding hydrogens is 270 g/mol. The minimum absolute atomic E-state index is 0.0848. The number of nitrogens with one attached hydrogen (secondary N) is 1. The molecule has 0 bridgehead atoms. The van der Waals surface area contributed by atoms with Crippen molar-refractivity contribution in [2.24, 2.45) is 5.73 Å². The van der Waals surface area contributed by atoms with Crippen LogP contribution in [-0.2, 0) is 4.79 Å². The number of aliphatic hydroxyl groups excluding tert-OH is 1. The molecular formula is C11H13N3O6. The Hall–Kier alpha value is -2.68. The summed E-state index contributed by atoms with van der Waals surface area (Å²) in [5, 5.41) is 22.2. The van der Waals surface area contributed by atoms with E-state index in [-0.39, 0.29) is 17.0 Å². The van der Waals surface area contributed by atoms with Crippen molar-refractivity contribution in [1.29, 1.82) is 0 Å². The van der Waals surface area contributed by atoms with Crippen molar-refractivity contribution in [3.05, 3.63) is 33.9 Å². The number of methoxy groups -OCH3 is 1. The maximum atomic E-state index is 11.8. The monoisotopic (exact) mass is 283 g/mol. The van der Waals surface area contributed by atoms with Gasteiger partial charge in [0, 0.05) is 6.07 Å². The molecule has 1 unspecified atom stereocenters. The highest BCUT2D eigenvalue weighted by Gasteiger charge is 2.23. The summed E-state index contributed by atoms with van der Waals surface area (Å²) in [6.07, 6.45) is -1.54. The van der Waals surface area contributed by atoms with E-state index in [4.69, 9.17) is 15.6 Å². The van der Waals surface area contributed by atoms with Gasteiger partial charge >= 0.3 is 5.69 Å². The quantitative estimate of drug-likeness (QED) is 0.459. The summed E-state index contributed by atoms with van der Waals surface area (Å²) in [5.74, 6) is -1.93. The number of carbonyl (C=O) groups excluding carboxylic acids is 2. The van der Waals surface area contributed by atoms with Crippen LogP contribution in [0.2, 0.25) is 0 Å². The maximum absolute atomic E-state index is 11.8. The van der Waals surface area contributed by atoms with Crippen LogP contribution in [0.15, 0.2) is 18.2 Å². The van der Waals surface area contributed by atoms with Gasteiger partial charge in [-0.25, -0.2) is 0 Å². The predicted molar refractivity (Wildman–Crippen MR) is 67.2 cm³/mol. The van der Waals surface area contributed by atoms with Crippen LogP contribution in [0.3, 0.4) is 0 Å². The lowest BCUT2D eigenvalue weighted by Gasteiger charge is -2.11. The van der Waals surface area contributed by atoms with Crippen molar-refractivity contribution < 1.29 is 24.4 Å². The number of para-hydroxylation sites is 1. The highest BCUT2D eigenvalue weighted by molar-refractivity contribution is 5.98. The predicted octanol–water partition coefficient (Wildman–Crippen LogP) is -0.821. The summed E-state index contributed by atoms with van der Waals surface area (Å²) in [4.78, 5) is 32.6. The Balaban J connectivity index is 2.96. The average molecular weight is 283 g/mol. The van der Waals surface area contributed by atoms with Gasteiger partial charge in [-0.3, -0.25) is 19.7 Å². The van der Waals surface area contributed by atoms with Gasteiger partial charge in [-0.2, -0.15) is 0 Å². The molecule has 0 spiro atoms. The Morgan fingerprint density at radius 1 is 1.55 bits per heavy atom. The second-order valence-corrected chi connectivity index (χ2v) is 3.74. The highest BCUT2D eigenvalue weighted by Crippen LogP contribution is 2.30. The lowest BCUT2D eigenvalue weighted by molar-refractivity contribution is -0.385. The van der Waals surface area contributed by atoms with Gasteiger partial charge in [-0.15, -0.1) is 0 Å². The number of ether oxygens (including phenoxy) is 1. The largest absolute Gasteiger partial charge is 0.490 e. The molecule has 1 aromatic carbocycles. The van der Waals surface area contributed by atoms with E-state index in [9.17, 15) is 19.7 Å². The third-order valence-electron chi connectivity index (χ3n) is 2.42. The molecule has 0 aliphatic rings. The fourth-order valence-electron chi connectivity index (χ4n) is 1.45. The third-order valence-corrected chi connectivity index (χ3v) is 2.42. The van der Waals surface area contributed by atoms with E-state index >= 15 is 0 Å². The first-order valence-electron chi connectivity index (χ1n) is 5.45. The molecule has 0 heterocycles. The number of aliphatic hydroxyl groups is 1. The molecule has 2 amide bonds. The molecule has 0 saturated heterocycles. The topological polar surface area (TPSA) is 145 Å². The molecule has 9 nitrogen and oxygen atoms in total. The SMILES string of the molecule is COc1c(C(=O)NCC(O)C(N)=O)cccc1[N+](=O)[O-]. The second kappa shape index (κ2) is 6.48. The van der Waals surface area contributed by atoms with E-state index in [1.165, 1.54) is 25.3 Å². The number of nitrogens with two attached hydrogens (primary N) is 1. The number of primary amides is 1. The fourth-order valence-corrected chi connectivity index (χ4v) is 1.45. The first-order chi connectivity index (χ1) is 9.38. The van der Waals surface area contributed by atoms with Crippen molar-refractivity contribution in [2.75, 3.05) is 13.7 Å². The lowest BCUT2D eigenvalue weighted by atomic mass is 10.1. The highest BCUT2D eigenvalue weighted by atomic mass is 16.6. The van der Waals surface area contributed by atoms with Crippen LogP contribution in [-0.4, -0.2) is 41.6 Å². The van der Waals surface area contributed by atoms with Crippen LogP contribution in [0.5, 0.6) is 5.75 Å². The second-order valence-electron chi connectivity index (χ2n) is 3.74. The van der Waals surface area contributed by atoms with Crippen molar-refractivity contribution in [1.82, 2.24) is 5.32 Å². The van der Waals surface area contributed by atoms with Gasteiger partial charge in [-0.1, -0.05) is 6.07 Å². The Morgan fingerprint density at radius 3 is 2.70 bits per heavy atom. The smallest absolute Gasteiger partial charge is 0.311 e. The number of hydrogen-bond acceptors (Lipinski definition) is 6. The molecule has 0 aliphatic heterocycles. The zero-order valence-corrected chi connectivity index (χ0v) is 10.5. The fraction of sp³-hybridized carbons (Fsp3) is 0.273. The van der Waals surface area contributed by atoms with Gasteiger partial charge in [0.25, 0.3) is 5.91 Å². The van der Waals surface area contributed by atoms with Crippen LogP contribution in [0.25, 0.3) is 0 Å². The molecule has 108 valence electrons. The van der Waals surface area contributed by atoms with Gasteiger partial charge in [0.15, 0.2) is 0 Å². The van der Waals surface area contributed by atoms with E-state index in [1.807, 2.05) is 0 Å². The van der Waals surface area contributed by atoms with Crippen LogP contribution >= 0.6 is 0 Å². The van der Waals surface area contributed by atoms with Gasteiger partial charge in [0.2, 0.25) is 11.7 Å². The van der Waals surface area contributed by atoms with Crippen molar-refractivity contribution in [3.63, 3.8) is 0 Å². The summed E-state index contributed by atoms with van der Waals surface area (Å²) in [6.45, 7) is -0.403. The van der Waals surface area contributed by atoms with Gasteiger partial charge in [-0.05, 0) is 6.07 Å². The van der Waals surface area contributed by atoms with Crippen LogP contribution in [0.1, 0.15) is 10.4 Å². The van der Waals surface area contributed by atoms with E-state index in [0.29, 0.717) is 0 Å². The van der Waals surface area contributed by atoms with Crippen molar-refractivity contribution in [2.45, 2.75) is 6.10 Å². The number of carbonyl (C=O) groups is 2. The first-order valence-corrected chi connectivity index (χ1v) is 5.45. The molecule has 1 aromatic rings. The van der Waals surface area contributed by atoms with Gasteiger partial charge < -0.3 is 20.9 Å².